The number of pyridine rings is 1. The van der Waals surface area contributed by atoms with Gasteiger partial charge in [0.05, 0.1) is 17.6 Å². The minimum absolute atomic E-state index is 0.205. The van der Waals surface area contributed by atoms with Crippen molar-refractivity contribution in [3.05, 3.63) is 34.9 Å². The van der Waals surface area contributed by atoms with E-state index in [1.807, 2.05) is 19.1 Å². The van der Waals surface area contributed by atoms with Crippen LogP contribution in [0.1, 0.15) is 17.3 Å². The van der Waals surface area contributed by atoms with Crippen molar-refractivity contribution in [1.82, 2.24) is 10.3 Å². The number of halogens is 1. The van der Waals surface area contributed by atoms with Gasteiger partial charge in [0.2, 0.25) is 5.88 Å². The predicted octanol–water partition coefficient (Wildman–Crippen LogP) is 2.65. The van der Waals surface area contributed by atoms with Crippen LogP contribution in [0.3, 0.4) is 0 Å². The lowest BCUT2D eigenvalue weighted by Crippen LogP contribution is -2.23. The van der Waals surface area contributed by atoms with Crippen LogP contribution in [-0.2, 0) is 0 Å². The van der Waals surface area contributed by atoms with E-state index < -0.39 is 0 Å². The van der Waals surface area contributed by atoms with Crippen LogP contribution >= 0.6 is 11.6 Å². The van der Waals surface area contributed by atoms with Gasteiger partial charge in [-0.15, -0.1) is 0 Å². The molecule has 0 bridgehead atoms. The highest BCUT2D eigenvalue weighted by molar-refractivity contribution is 6.35. The molecule has 1 heterocycles. The van der Waals surface area contributed by atoms with Gasteiger partial charge in [-0.05, 0) is 19.1 Å². The molecule has 4 nitrogen and oxygen atoms in total. The van der Waals surface area contributed by atoms with E-state index in [0.29, 0.717) is 22.6 Å². The van der Waals surface area contributed by atoms with E-state index in [4.69, 9.17) is 16.3 Å². The number of carbonyl (C=O) groups is 1. The van der Waals surface area contributed by atoms with Crippen molar-refractivity contribution in [2.24, 2.45) is 0 Å². The fourth-order valence-electron chi connectivity index (χ4n) is 1.72. The van der Waals surface area contributed by atoms with Crippen LogP contribution in [0.25, 0.3) is 10.9 Å². The van der Waals surface area contributed by atoms with Crippen LogP contribution in [0.15, 0.2) is 24.3 Å². The van der Waals surface area contributed by atoms with Gasteiger partial charge in [-0.2, -0.15) is 0 Å². The molecular formula is C13H13ClN2O2. The normalized spacial score (nSPS) is 10.4. The molecule has 94 valence electrons. The van der Waals surface area contributed by atoms with Crippen LogP contribution in [-0.4, -0.2) is 24.5 Å². The summed E-state index contributed by atoms with van der Waals surface area (Å²) in [6.45, 7) is 2.41. The highest BCUT2D eigenvalue weighted by Crippen LogP contribution is 2.27. The van der Waals surface area contributed by atoms with E-state index in [0.717, 1.165) is 5.39 Å². The summed E-state index contributed by atoms with van der Waals surface area (Å²) in [7, 11) is 1.48. The second-order valence-corrected chi connectivity index (χ2v) is 4.12. The molecule has 2 aromatic rings. The molecule has 1 amide bonds. The molecular weight excluding hydrogens is 252 g/mol. The minimum Gasteiger partial charge on any atom is -0.480 e. The SMILES string of the molecule is CCNC(=O)c1cc2cccc(Cl)c2nc1OC. The van der Waals surface area contributed by atoms with Crippen LogP contribution in [0, 0.1) is 0 Å². The van der Waals surface area contributed by atoms with Crippen molar-refractivity contribution in [3.8, 4) is 5.88 Å². The molecule has 5 heteroatoms. The highest BCUT2D eigenvalue weighted by Gasteiger charge is 2.15. The molecule has 0 spiro atoms. The summed E-state index contributed by atoms with van der Waals surface area (Å²) in [6.07, 6.45) is 0. The maximum absolute atomic E-state index is 11.9. The Morgan fingerprint density at radius 2 is 2.28 bits per heavy atom. The molecule has 1 aromatic heterocycles. The summed E-state index contributed by atoms with van der Waals surface area (Å²) < 4.78 is 5.15. The first-order valence-corrected chi connectivity index (χ1v) is 5.96. The summed E-state index contributed by atoms with van der Waals surface area (Å²) in [5.74, 6) is 0.0743. The molecule has 0 saturated carbocycles. The first-order chi connectivity index (χ1) is 8.67. The molecule has 0 saturated heterocycles. The smallest absolute Gasteiger partial charge is 0.256 e. The van der Waals surface area contributed by atoms with Gasteiger partial charge in [0.1, 0.15) is 5.56 Å². The largest absolute Gasteiger partial charge is 0.480 e. The molecule has 0 aliphatic heterocycles. The zero-order valence-corrected chi connectivity index (χ0v) is 10.9. The van der Waals surface area contributed by atoms with Gasteiger partial charge < -0.3 is 10.1 Å². The van der Waals surface area contributed by atoms with Crippen LogP contribution in [0.4, 0.5) is 0 Å². The Hall–Kier alpha value is -1.81. The Labute approximate surface area is 110 Å². The minimum atomic E-state index is -0.205. The van der Waals surface area contributed by atoms with Gasteiger partial charge in [0.25, 0.3) is 5.91 Å². The standard InChI is InChI=1S/C13H13ClN2O2/c1-3-15-12(17)9-7-8-5-4-6-10(14)11(8)16-13(9)18-2/h4-7H,3H2,1-2H3,(H,15,17). The van der Waals surface area contributed by atoms with E-state index in [2.05, 4.69) is 10.3 Å². The molecule has 1 aromatic carbocycles. The molecule has 2 rings (SSSR count). The number of para-hydroxylation sites is 1. The van der Waals surface area contributed by atoms with E-state index >= 15 is 0 Å². The van der Waals surface area contributed by atoms with Gasteiger partial charge in [-0.1, -0.05) is 23.7 Å². The average molecular weight is 265 g/mol. The second kappa shape index (κ2) is 5.23. The Bertz CT molecular complexity index is 599. The molecule has 1 N–H and O–H groups in total. The van der Waals surface area contributed by atoms with Crippen molar-refractivity contribution in [2.75, 3.05) is 13.7 Å². The van der Waals surface area contributed by atoms with Gasteiger partial charge in [0, 0.05) is 11.9 Å². The number of carbonyl (C=O) groups excluding carboxylic acids is 1. The number of rotatable bonds is 3. The van der Waals surface area contributed by atoms with E-state index in [1.165, 1.54) is 7.11 Å². The van der Waals surface area contributed by atoms with Gasteiger partial charge >= 0.3 is 0 Å². The Kier molecular flexibility index (Phi) is 3.67. The molecule has 0 atom stereocenters. The van der Waals surface area contributed by atoms with Crippen LogP contribution in [0.5, 0.6) is 5.88 Å². The number of aromatic nitrogens is 1. The maximum Gasteiger partial charge on any atom is 0.256 e. The first kappa shape index (κ1) is 12.6. The molecule has 0 aliphatic carbocycles. The van der Waals surface area contributed by atoms with E-state index in [-0.39, 0.29) is 11.8 Å². The Morgan fingerprint density at radius 3 is 2.94 bits per heavy atom. The van der Waals surface area contributed by atoms with Crippen molar-refractivity contribution in [1.29, 1.82) is 0 Å². The maximum atomic E-state index is 11.9. The fourth-order valence-corrected chi connectivity index (χ4v) is 1.94. The van der Waals surface area contributed by atoms with Crippen molar-refractivity contribution in [2.45, 2.75) is 6.92 Å². The summed E-state index contributed by atoms with van der Waals surface area (Å²) in [5, 5.41) is 4.07. The third-order valence-corrected chi connectivity index (χ3v) is 2.84. The van der Waals surface area contributed by atoms with Gasteiger partial charge in [-0.25, -0.2) is 4.98 Å². The molecule has 0 fully saturated rings. The number of fused-ring (bicyclic) bond motifs is 1. The highest BCUT2D eigenvalue weighted by atomic mass is 35.5. The number of methoxy groups -OCH3 is 1. The zero-order chi connectivity index (χ0) is 13.1. The molecule has 0 aliphatic rings. The van der Waals surface area contributed by atoms with Crippen molar-refractivity contribution in [3.63, 3.8) is 0 Å². The Morgan fingerprint density at radius 1 is 1.50 bits per heavy atom. The quantitative estimate of drug-likeness (QED) is 0.927. The van der Waals surface area contributed by atoms with Gasteiger partial charge in [0.15, 0.2) is 0 Å². The lowest BCUT2D eigenvalue weighted by atomic mass is 10.1. The van der Waals surface area contributed by atoms with Crippen molar-refractivity contribution < 1.29 is 9.53 Å². The third kappa shape index (κ3) is 2.24. The number of nitrogens with zero attached hydrogens (tertiary/aromatic N) is 1. The molecule has 0 radical (unpaired) electrons. The number of ether oxygens (including phenoxy) is 1. The third-order valence-electron chi connectivity index (χ3n) is 2.54. The summed E-state index contributed by atoms with van der Waals surface area (Å²) >= 11 is 6.06. The Balaban J connectivity index is 2.63. The number of hydrogen-bond acceptors (Lipinski definition) is 3. The van der Waals surface area contributed by atoms with E-state index in [9.17, 15) is 4.79 Å². The summed E-state index contributed by atoms with van der Waals surface area (Å²) in [4.78, 5) is 16.2. The molecule has 18 heavy (non-hydrogen) atoms. The predicted molar refractivity (Wildman–Crippen MR) is 71.3 cm³/mol. The topological polar surface area (TPSA) is 51.2 Å². The number of nitrogens with one attached hydrogen (secondary N) is 1. The summed E-state index contributed by atoms with van der Waals surface area (Å²) in [6, 6.07) is 7.16. The summed E-state index contributed by atoms with van der Waals surface area (Å²) in [5.41, 5.74) is 1.04. The lowest BCUT2D eigenvalue weighted by molar-refractivity contribution is 0.0952. The van der Waals surface area contributed by atoms with Crippen molar-refractivity contribution >= 4 is 28.4 Å². The van der Waals surface area contributed by atoms with E-state index in [1.54, 1.807) is 12.1 Å². The lowest BCUT2D eigenvalue weighted by Gasteiger charge is -2.09. The number of amides is 1. The second-order valence-electron chi connectivity index (χ2n) is 3.72. The van der Waals surface area contributed by atoms with Crippen LogP contribution in [0.2, 0.25) is 5.02 Å². The number of benzene rings is 1. The zero-order valence-electron chi connectivity index (χ0n) is 10.2. The number of hydrogen-bond donors (Lipinski definition) is 1. The fraction of sp³-hybridized carbons (Fsp3) is 0.231. The van der Waals surface area contributed by atoms with Crippen LogP contribution < -0.4 is 10.1 Å². The van der Waals surface area contributed by atoms with Gasteiger partial charge in [-0.3, -0.25) is 4.79 Å². The molecule has 0 unspecified atom stereocenters. The average Bonchev–Trinajstić information content (AvgIpc) is 2.38. The monoisotopic (exact) mass is 264 g/mol. The first-order valence-electron chi connectivity index (χ1n) is 5.58.